The monoisotopic (exact) mass is 387 g/mol. The number of hydrogen-bond acceptors (Lipinski definition) is 3. The summed E-state index contributed by atoms with van der Waals surface area (Å²) in [7, 11) is 3.47. The molecule has 1 atom stereocenters. The van der Waals surface area contributed by atoms with Crippen LogP contribution in [-0.2, 0) is 6.42 Å². The van der Waals surface area contributed by atoms with Crippen LogP contribution in [0.4, 0.5) is 0 Å². The Morgan fingerprint density at radius 2 is 2.14 bits per heavy atom. The van der Waals surface area contributed by atoms with Gasteiger partial charge >= 0.3 is 0 Å². The van der Waals surface area contributed by atoms with Crippen LogP contribution in [0.1, 0.15) is 54.9 Å². The topological polar surface area (TPSA) is 68.8 Å². The van der Waals surface area contributed by atoms with Crippen LogP contribution >= 0.6 is 0 Å². The molecule has 1 amide bonds. The number of guanidine groups is 1. The van der Waals surface area contributed by atoms with Crippen LogP contribution in [-0.4, -0.2) is 63.1 Å². The summed E-state index contributed by atoms with van der Waals surface area (Å²) in [6.07, 6.45) is 7.28. The molecule has 0 aliphatic carbocycles. The Morgan fingerprint density at radius 3 is 2.89 bits per heavy atom. The molecule has 1 aliphatic rings. The van der Waals surface area contributed by atoms with E-state index in [2.05, 4.69) is 38.8 Å². The van der Waals surface area contributed by atoms with Gasteiger partial charge in [0.05, 0.1) is 0 Å². The molecule has 1 fully saturated rings. The van der Waals surface area contributed by atoms with Gasteiger partial charge in [0.1, 0.15) is 0 Å². The van der Waals surface area contributed by atoms with Crippen molar-refractivity contribution in [2.75, 3.05) is 40.3 Å². The summed E-state index contributed by atoms with van der Waals surface area (Å²) in [5, 5.41) is 9.57. The highest BCUT2D eigenvalue weighted by Gasteiger charge is 2.21. The van der Waals surface area contributed by atoms with E-state index < -0.39 is 0 Å². The Morgan fingerprint density at radius 1 is 1.29 bits per heavy atom. The fourth-order valence-corrected chi connectivity index (χ4v) is 3.72. The first-order chi connectivity index (χ1) is 13.7. The van der Waals surface area contributed by atoms with Crippen molar-refractivity contribution in [3.05, 3.63) is 35.4 Å². The number of carbonyl (C=O) groups excluding carboxylic acids is 1. The molecule has 1 heterocycles. The molecule has 156 valence electrons. The second-order valence-electron chi connectivity index (χ2n) is 7.45. The van der Waals surface area contributed by atoms with Gasteiger partial charge in [-0.2, -0.15) is 0 Å². The molecule has 6 nitrogen and oxygen atoms in total. The number of rotatable bonds is 9. The molecule has 1 aromatic rings. The molecule has 28 heavy (non-hydrogen) atoms. The van der Waals surface area contributed by atoms with Crippen molar-refractivity contribution in [2.24, 2.45) is 4.99 Å². The average molecular weight is 388 g/mol. The van der Waals surface area contributed by atoms with Gasteiger partial charge in [0.25, 0.3) is 5.91 Å². The summed E-state index contributed by atoms with van der Waals surface area (Å²) in [6.45, 7) is 6.40. The number of carbonyl (C=O) groups is 1. The zero-order chi connectivity index (χ0) is 20.2. The summed E-state index contributed by atoms with van der Waals surface area (Å²) in [5.74, 6) is 0.802. The third kappa shape index (κ3) is 7.15. The van der Waals surface area contributed by atoms with Crippen molar-refractivity contribution < 1.29 is 4.79 Å². The lowest BCUT2D eigenvalue weighted by Crippen LogP contribution is -2.49. The van der Waals surface area contributed by atoms with Crippen LogP contribution in [0.3, 0.4) is 0 Å². The zero-order valence-electron chi connectivity index (χ0n) is 17.8. The minimum Gasteiger partial charge on any atom is -0.356 e. The molecule has 3 N–H and O–H groups in total. The van der Waals surface area contributed by atoms with Gasteiger partial charge in [-0.05, 0) is 56.5 Å². The second kappa shape index (κ2) is 12.4. The predicted molar refractivity (Wildman–Crippen MR) is 117 cm³/mol. The normalized spacial score (nSPS) is 18.0. The van der Waals surface area contributed by atoms with Gasteiger partial charge in [-0.15, -0.1) is 0 Å². The summed E-state index contributed by atoms with van der Waals surface area (Å²) < 4.78 is 0. The number of nitrogens with one attached hydrogen (secondary N) is 3. The highest BCUT2D eigenvalue weighted by molar-refractivity contribution is 5.94. The van der Waals surface area contributed by atoms with Gasteiger partial charge in [0.15, 0.2) is 5.96 Å². The number of aliphatic imine (C=N–C) groups is 1. The van der Waals surface area contributed by atoms with E-state index in [1.165, 1.54) is 45.2 Å². The lowest BCUT2D eigenvalue weighted by molar-refractivity contribution is 0.0963. The fraction of sp³-hybridized carbons (Fsp3) is 0.636. The number of nitrogens with zero attached hydrogens (tertiary/aromatic N) is 2. The number of hydrogen-bond donors (Lipinski definition) is 3. The molecule has 0 aromatic heterocycles. The SMILES string of the molecule is CCCCN1CCCCC1CNC(=NC)NCCc1cccc(C(=O)NC)c1. The van der Waals surface area contributed by atoms with Gasteiger partial charge in [-0.3, -0.25) is 14.7 Å². The molecule has 1 aromatic carbocycles. The summed E-state index contributed by atoms with van der Waals surface area (Å²) >= 11 is 0. The Balaban J connectivity index is 1.77. The molecule has 0 radical (unpaired) electrons. The highest BCUT2D eigenvalue weighted by atomic mass is 16.1. The third-order valence-electron chi connectivity index (χ3n) is 5.40. The van der Waals surface area contributed by atoms with Crippen LogP contribution in [0.5, 0.6) is 0 Å². The van der Waals surface area contributed by atoms with Gasteiger partial charge in [0, 0.05) is 38.8 Å². The summed E-state index contributed by atoms with van der Waals surface area (Å²) in [5.41, 5.74) is 1.84. The average Bonchev–Trinajstić information content (AvgIpc) is 2.74. The van der Waals surface area contributed by atoms with E-state index in [9.17, 15) is 4.79 Å². The van der Waals surface area contributed by atoms with Gasteiger partial charge in [-0.25, -0.2) is 0 Å². The first-order valence-corrected chi connectivity index (χ1v) is 10.7. The third-order valence-corrected chi connectivity index (χ3v) is 5.40. The van der Waals surface area contributed by atoms with Crippen molar-refractivity contribution >= 4 is 11.9 Å². The molecule has 2 rings (SSSR count). The van der Waals surface area contributed by atoms with Crippen LogP contribution in [0, 0.1) is 0 Å². The molecule has 1 saturated heterocycles. The van der Waals surface area contributed by atoms with Gasteiger partial charge < -0.3 is 16.0 Å². The molecule has 6 heteroatoms. The number of benzene rings is 1. The van der Waals surface area contributed by atoms with E-state index in [1.807, 2.05) is 25.2 Å². The van der Waals surface area contributed by atoms with E-state index >= 15 is 0 Å². The van der Waals surface area contributed by atoms with E-state index in [4.69, 9.17) is 0 Å². The minimum atomic E-state index is -0.0487. The molecular weight excluding hydrogens is 350 g/mol. The van der Waals surface area contributed by atoms with Crippen molar-refractivity contribution in [1.82, 2.24) is 20.9 Å². The number of amides is 1. The van der Waals surface area contributed by atoms with E-state index in [-0.39, 0.29) is 5.91 Å². The second-order valence-corrected chi connectivity index (χ2v) is 7.45. The van der Waals surface area contributed by atoms with Crippen LogP contribution in [0.15, 0.2) is 29.3 Å². The molecule has 0 saturated carbocycles. The number of unbranched alkanes of at least 4 members (excludes halogenated alkanes) is 1. The van der Waals surface area contributed by atoms with Gasteiger partial charge in [0.2, 0.25) is 0 Å². The fourth-order valence-electron chi connectivity index (χ4n) is 3.72. The highest BCUT2D eigenvalue weighted by Crippen LogP contribution is 2.17. The Labute approximate surface area is 170 Å². The number of piperidine rings is 1. The lowest BCUT2D eigenvalue weighted by atomic mass is 10.0. The molecule has 0 bridgehead atoms. The molecular formula is C22H37N5O. The predicted octanol–water partition coefficient (Wildman–Crippen LogP) is 2.41. The standard InChI is InChI=1S/C22H37N5O/c1-4-5-14-27-15-7-6-11-20(27)17-26-22(24-3)25-13-12-18-9-8-10-19(16-18)21(28)23-2/h8-10,16,20H,4-7,11-15,17H2,1-3H3,(H,23,28)(H2,24,25,26). The van der Waals surface area contributed by atoms with Crippen LogP contribution in [0.25, 0.3) is 0 Å². The van der Waals surface area contributed by atoms with E-state index in [1.54, 1.807) is 7.05 Å². The van der Waals surface area contributed by atoms with Crippen molar-refractivity contribution in [1.29, 1.82) is 0 Å². The molecule has 1 unspecified atom stereocenters. The largest absolute Gasteiger partial charge is 0.356 e. The molecule has 1 aliphatic heterocycles. The zero-order valence-corrected chi connectivity index (χ0v) is 17.8. The Bertz CT molecular complexity index is 631. The number of likely N-dealkylation sites (tertiary alicyclic amines) is 1. The van der Waals surface area contributed by atoms with Gasteiger partial charge in [-0.1, -0.05) is 31.9 Å². The lowest BCUT2D eigenvalue weighted by Gasteiger charge is -2.36. The Kier molecular flexibility index (Phi) is 9.83. The Hall–Kier alpha value is -2.08. The summed E-state index contributed by atoms with van der Waals surface area (Å²) in [6, 6.07) is 8.37. The van der Waals surface area contributed by atoms with Crippen molar-refractivity contribution in [3.8, 4) is 0 Å². The first kappa shape index (κ1) is 22.2. The van der Waals surface area contributed by atoms with Crippen LogP contribution in [0.2, 0.25) is 0 Å². The maximum absolute atomic E-state index is 11.8. The maximum atomic E-state index is 11.8. The summed E-state index contributed by atoms with van der Waals surface area (Å²) in [4.78, 5) is 18.8. The quantitative estimate of drug-likeness (QED) is 0.450. The van der Waals surface area contributed by atoms with Crippen molar-refractivity contribution in [3.63, 3.8) is 0 Å². The van der Waals surface area contributed by atoms with Crippen molar-refractivity contribution in [2.45, 2.75) is 51.5 Å². The molecule has 0 spiro atoms. The van der Waals surface area contributed by atoms with Crippen LogP contribution < -0.4 is 16.0 Å². The maximum Gasteiger partial charge on any atom is 0.251 e. The first-order valence-electron chi connectivity index (χ1n) is 10.7. The smallest absolute Gasteiger partial charge is 0.251 e. The minimum absolute atomic E-state index is 0.0487. The van der Waals surface area contributed by atoms with E-state index in [0.29, 0.717) is 11.6 Å². The van der Waals surface area contributed by atoms with E-state index in [0.717, 1.165) is 31.0 Å².